The summed E-state index contributed by atoms with van der Waals surface area (Å²) in [6.07, 6.45) is 0. The minimum absolute atomic E-state index is 0.150. The van der Waals surface area contributed by atoms with Gasteiger partial charge in [0.15, 0.2) is 5.44 Å². The van der Waals surface area contributed by atoms with Crippen LogP contribution in [0.3, 0.4) is 0 Å². The molecule has 1 aromatic rings. The van der Waals surface area contributed by atoms with Crippen LogP contribution in [0.4, 0.5) is 0 Å². The molecule has 4 heteroatoms. The summed E-state index contributed by atoms with van der Waals surface area (Å²) < 4.78 is 10.4. The molecule has 0 radical (unpaired) electrons. The van der Waals surface area contributed by atoms with Gasteiger partial charge in [-0.1, -0.05) is 18.2 Å². The zero-order valence-corrected chi connectivity index (χ0v) is 8.33. The van der Waals surface area contributed by atoms with Crippen molar-refractivity contribution in [1.29, 1.82) is 0 Å². The normalized spacial score (nSPS) is 20.6. The van der Waals surface area contributed by atoms with E-state index in [-0.39, 0.29) is 11.4 Å². The van der Waals surface area contributed by atoms with Crippen LogP contribution in [-0.2, 0) is 9.53 Å². The quantitative estimate of drug-likeness (QED) is 0.711. The van der Waals surface area contributed by atoms with Crippen molar-refractivity contribution in [3.63, 3.8) is 0 Å². The molecule has 3 nitrogen and oxygen atoms in total. The first-order chi connectivity index (χ1) is 6.84. The van der Waals surface area contributed by atoms with Gasteiger partial charge in [0.2, 0.25) is 0 Å². The Bertz CT molecular complexity index is 312. The summed E-state index contributed by atoms with van der Waals surface area (Å²) in [6.45, 7) is 0.417. The van der Waals surface area contributed by atoms with E-state index in [1.54, 1.807) is 0 Å². The van der Waals surface area contributed by atoms with Crippen molar-refractivity contribution in [3.8, 4) is 5.75 Å². The molecule has 0 aromatic heterocycles. The molecule has 0 bridgehead atoms. The highest BCUT2D eigenvalue weighted by Gasteiger charge is 2.24. The minimum atomic E-state index is -0.156. The average molecular weight is 210 g/mol. The number of cyclic esters (lactones) is 1. The van der Waals surface area contributed by atoms with E-state index in [0.29, 0.717) is 12.4 Å². The molecule has 1 heterocycles. The van der Waals surface area contributed by atoms with Gasteiger partial charge in [-0.15, -0.1) is 11.8 Å². The molecule has 0 N–H and O–H groups in total. The maximum Gasteiger partial charge on any atom is 0.317 e. The zero-order chi connectivity index (χ0) is 9.80. The van der Waals surface area contributed by atoms with Crippen molar-refractivity contribution >= 4 is 17.7 Å². The Hall–Kier alpha value is -1.16. The van der Waals surface area contributed by atoms with Gasteiger partial charge < -0.3 is 9.47 Å². The second-order valence-corrected chi connectivity index (χ2v) is 4.00. The van der Waals surface area contributed by atoms with E-state index >= 15 is 0 Å². The van der Waals surface area contributed by atoms with Crippen LogP contribution >= 0.6 is 11.8 Å². The van der Waals surface area contributed by atoms with Crippen LogP contribution in [0.1, 0.15) is 0 Å². The minimum Gasteiger partial charge on any atom is -0.489 e. The Morgan fingerprint density at radius 1 is 1.43 bits per heavy atom. The lowest BCUT2D eigenvalue weighted by molar-refractivity contribution is -0.140. The van der Waals surface area contributed by atoms with E-state index < -0.39 is 0 Å². The first kappa shape index (κ1) is 9.40. The second-order valence-electron chi connectivity index (χ2n) is 2.85. The maximum absolute atomic E-state index is 10.8. The first-order valence-corrected chi connectivity index (χ1v) is 5.38. The lowest BCUT2D eigenvalue weighted by atomic mass is 10.3. The van der Waals surface area contributed by atoms with Crippen LogP contribution < -0.4 is 4.74 Å². The molecule has 1 saturated heterocycles. The van der Waals surface area contributed by atoms with Crippen molar-refractivity contribution in [2.45, 2.75) is 5.44 Å². The van der Waals surface area contributed by atoms with Crippen molar-refractivity contribution < 1.29 is 14.3 Å². The number of carbonyl (C=O) groups is 1. The lowest BCUT2D eigenvalue weighted by Gasteiger charge is -2.09. The third kappa shape index (κ3) is 2.42. The first-order valence-electron chi connectivity index (χ1n) is 4.33. The number of benzene rings is 1. The van der Waals surface area contributed by atoms with Crippen molar-refractivity contribution in [2.24, 2.45) is 0 Å². The molecular formula is C10H10O3S. The molecule has 74 valence electrons. The fraction of sp³-hybridized carbons (Fsp3) is 0.300. The predicted octanol–water partition coefficient (Wildman–Crippen LogP) is 1.68. The smallest absolute Gasteiger partial charge is 0.317 e. The predicted molar refractivity (Wildman–Crippen MR) is 54.3 cm³/mol. The van der Waals surface area contributed by atoms with Crippen LogP contribution in [0, 0.1) is 0 Å². The van der Waals surface area contributed by atoms with Gasteiger partial charge in [0, 0.05) is 0 Å². The Morgan fingerprint density at radius 3 is 2.86 bits per heavy atom. The molecule has 0 aliphatic carbocycles. The fourth-order valence-electron chi connectivity index (χ4n) is 1.14. The van der Waals surface area contributed by atoms with Gasteiger partial charge in [-0.05, 0) is 12.1 Å². The molecule has 0 spiro atoms. The number of esters is 1. The van der Waals surface area contributed by atoms with Crippen molar-refractivity contribution in [2.75, 3.05) is 12.4 Å². The molecule has 1 atom stereocenters. The number of hydrogen-bond donors (Lipinski definition) is 0. The lowest BCUT2D eigenvalue weighted by Crippen LogP contribution is -2.14. The van der Waals surface area contributed by atoms with Crippen LogP contribution in [0.2, 0.25) is 0 Å². The van der Waals surface area contributed by atoms with Crippen LogP contribution in [-0.4, -0.2) is 23.8 Å². The molecule has 14 heavy (non-hydrogen) atoms. The third-order valence-electron chi connectivity index (χ3n) is 1.78. The summed E-state index contributed by atoms with van der Waals surface area (Å²) in [6, 6.07) is 9.49. The Balaban J connectivity index is 1.80. The second kappa shape index (κ2) is 4.37. The Kier molecular flexibility index (Phi) is 2.93. The largest absolute Gasteiger partial charge is 0.489 e. The molecule has 1 aliphatic heterocycles. The van der Waals surface area contributed by atoms with E-state index in [9.17, 15) is 4.79 Å². The number of thioether (sulfide) groups is 1. The molecule has 1 aliphatic rings. The molecule has 2 rings (SSSR count). The number of para-hydroxylation sites is 1. The number of rotatable bonds is 3. The van der Waals surface area contributed by atoms with E-state index in [1.807, 2.05) is 30.3 Å². The van der Waals surface area contributed by atoms with E-state index in [2.05, 4.69) is 0 Å². The van der Waals surface area contributed by atoms with Gasteiger partial charge in [-0.3, -0.25) is 4.79 Å². The van der Waals surface area contributed by atoms with Crippen LogP contribution in [0.5, 0.6) is 5.75 Å². The zero-order valence-electron chi connectivity index (χ0n) is 7.51. The highest BCUT2D eigenvalue weighted by Crippen LogP contribution is 2.21. The molecule has 1 aromatic carbocycles. The summed E-state index contributed by atoms with van der Waals surface area (Å²) in [4.78, 5) is 10.8. The van der Waals surface area contributed by atoms with Gasteiger partial charge >= 0.3 is 5.97 Å². The molecule has 1 unspecified atom stereocenters. The van der Waals surface area contributed by atoms with Gasteiger partial charge in [0.1, 0.15) is 12.4 Å². The van der Waals surface area contributed by atoms with E-state index in [4.69, 9.17) is 9.47 Å². The van der Waals surface area contributed by atoms with Crippen LogP contribution in [0.15, 0.2) is 30.3 Å². The highest BCUT2D eigenvalue weighted by atomic mass is 32.2. The van der Waals surface area contributed by atoms with Gasteiger partial charge in [0.05, 0.1) is 5.75 Å². The molecule has 0 amide bonds. The maximum atomic E-state index is 10.8. The molecule has 0 saturated carbocycles. The van der Waals surface area contributed by atoms with Gasteiger partial charge in [-0.25, -0.2) is 0 Å². The van der Waals surface area contributed by atoms with Crippen molar-refractivity contribution in [3.05, 3.63) is 30.3 Å². The summed E-state index contributed by atoms with van der Waals surface area (Å²) in [5.41, 5.74) is -0.150. The Morgan fingerprint density at radius 2 is 2.21 bits per heavy atom. The fourth-order valence-corrected chi connectivity index (χ4v) is 1.87. The summed E-state index contributed by atoms with van der Waals surface area (Å²) in [5.74, 6) is 1.08. The topological polar surface area (TPSA) is 35.5 Å². The molecule has 1 fully saturated rings. The summed E-state index contributed by atoms with van der Waals surface area (Å²) in [5, 5.41) is 0. The monoisotopic (exact) mass is 210 g/mol. The SMILES string of the molecule is O=C1CSC(COc2ccccc2)O1. The molecular weight excluding hydrogens is 200 g/mol. The standard InChI is InChI=1S/C10H10O3S/c11-9-7-14-10(13-9)6-12-8-4-2-1-3-5-8/h1-5,10H,6-7H2. The Labute approximate surface area is 86.4 Å². The highest BCUT2D eigenvalue weighted by molar-refractivity contribution is 8.00. The summed E-state index contributed by atoms with van der Waals surface area (Å²) in [7, 11) is 0. The van der Waals surface area contributed by atoms with Gasteiger partial charge in [-0.2, -0.15) is 0 Å². The number of hydrogen-bond acceptors (Lipinski definition) is 4. The van der Waals surface area contributed by atoms with Crippen LogP contribution in [0.25, 0.3) is 0 Å². The third-order valence-corrected chi connectivity index (χ3v) is 2.79. The van der Waals surface area contributed by atoms with Gasteiger partial charge in [0.25, 0.3) is 0 Å². The van der Waals surface area contributed by atoms with E-state index in [0.717, 1.165) is 5.75 Å². The average Bonchev–Trinajstić information content (AvgIpc) is 2.63. The van der Waals surface area contributed by atoms with Crippen molar-refractivity contribution in [1.82, 2.24) is 0 Å². The number of ether oxygens (including phenoxy) is 2. The van der Waals surface area contributed by atoms with E-state index in [1.165, 1.54) is 11.8 Å². The summed E-state index contributed by atoms with van der Waals surface area (Å²) >= 11 is 1.47. The number of carbonyl (C=O) groups excluding carboxylic acids is 1.